The molecule has 8 nitrogen and oxygen atoms in total. The van der Waals surface area contributed by atoms with Crippen molar-refractivity contribution in [2.24, 2.45) is 11.0 Å². The number of hydrogen-bond donors (Lipinski definition) is 2. The zero-order valence-corrected chi connectivity index (χ0v) is 14.5. The molecule has 1 aliphatic carbocycles. The minimum atomic E-state index is -1.10. The van der Waals surface area contributed by atoms with Crippen molar-refractivity contribution < 1.29 is 24.2 Å². The minimum Gasteiger partial charge on any atom is -0.481 e. The van der Waals surface area contributed by atoms with E-state index < -0.39 is 24.1 Å². The van der Waals surface area contributed by atoms with E-state index in [-0.39, 0.29) is 5.91 Å². The Morgan fingerprint density at radius 2 is 2.08 bits per heavy atom. The van der Waals surface area contributed by atoms with Crippen molar-refractivity contribution in [3.8, 4) is 5.75 Å². The SMILES string of the molecule is CC1CCC2(CC1)NC(=O)N(/N=C/c1ccccc1OCC(=O)O)C2=O. The average molecular weight is 359 g/mol. The lowest BCUT2D eigenvalue weighted by Crippen LogP contribution is -2.49. The zero-order chi connectivity index (χ0) is 18.7. The summed E-state index contributed by atoms with van der Waals surface area (Å²) in [5.41, 5.74) is -0.368. The van der Waals surface area contributed by atoms with Gasteiger partial charge in [-0.25, -0.2) is 9.59 Å². The molecule has 2 fully saturated rings. The number of amides is 3. The van der Waals surface area contributed by atoms with Crippen molar-refractivity contribution in [1.29, 1.82) is 0 Å². The molecule has 0 radical (unpaired) electrons. The highest BCUT2D eigenvalue weighted by molar-refractivity contribution is 6.07. The van der Waals surface area contributed by atoms with E-state index in [1.54, 1.807) is 24.3 Å². The first-order chi connectivity index (χ1) is 12.4. The maximum absolute atomic E-state index is 12.7. The summed E-state index contributed by atoms with van der Waals surface area (Å²) in [6.45, 7) is 1.65. The number of urea groups is 1. The van der Waals surface area contributed by atoms with Crippen molar-refractivity contribution in [3.63, 3.8) is 0 Å². The number of para-hydroxylation sites is 1. The van der Waals surface area contributed by atoms with Gasteiger partial charge in [-0.1, -0.05) is 19.1 Å². The monoisotopic (exact) mass is 359 g/mol. The molecule has 0 bridgehead atoms. The van der Waals surface area contributed by atoms with Crippen LogP contribution in [-0.2, 0) is 9.59 Å². The molecule has 8 heteroatoms. The van der Waals surface area contributed by atoms with Crippen LogP contribution in [0.3, 0.4) is 0 Å². The fourth-order valence-corrected chi connectivity index (χ4v) is 3.28. The molecule has 138 valence electrons. The van der Waals surface area contributed by atoms with Crippen molar-refractivity contribution in [3.05, 3.63) is 29.8 Å². The van der Waals surface area contributed by atoms with Gasteiger partial charge in [0.25, 0.3) is 5.91 Å². The average Bonchev–Trinajstić information content (AvgIpc) is 2.85. The number of rotatable bonds is 5. The molecule has 1 saturated heterocycles. The fraction of sp³-hybridized carbons (Fsp3) is 0.444. The second kappa shape index (κ2) is 7.15. The highest BCUT2D eigenvalue weighted by Crippen LogP contribution is 2.36. The van der Waals surface area contributed by atoms with Gasteiger partial charge in [-0.15, -0.1) is 5.01 Å². The molecule has 1 aliphatic heterocycles. The standard InChI is InChI=1S/C18H21N3O5/c1-12-6-8-18(9-7-12)16(24)21(17(25)20-18)19-10-13-4-2-3-5-14(13)26-11-15(22)23/h2-5,10,12H,6-9,11H2,1H3,(H,20,25)(H,22,23)/b19-10+. The maximum Gasteiger partial charge on any atom is 0.346 e. The molecule has 1 spiro atoms. The number of hydrazone groups is 1. The van der Waals surface area contributed by atoms with Gasteiger partial charge >= 0.3 is 12.0 Å². The van der Waals surface area contributed by atoms with Gasteiger partial charge in [0.15, 0.2) is 6.61 Å². The van der Waals surface area contributed by atoms with E-state index in [1.165, 1.54) is 6.21 Å². The van der Waals surface area contributed by atoms with Crippen LogP contribution in [0.5, 0.6) is 5.75 Å². The number of ether oxygens (including phenoxy) is 1. The lowest BCUT2D eigenvalue weighted by molar-refractivity contribution is -0.139. The number of carbonyl (C=O) groups excluding carboxylic acids is 2. The Labute approximate surface area is 150 Å². The van der Waals surface area contributed by atoms with Crippen LogP contribution in [0.15, 0.2) is 29.4 Å². The zero-order valence-electron chi connectivity index (χ0n) is 14.5. The van der Waals surface area contributed by atoms with Crippen LogP contribution in [0, 0.1) is 5.92 Å². The second-order valence-electron chi connectivity index (χ2n) is 6.78. The lowest BCUT2D eigenvalue weighted by atomic mass is 9.77. The summed E-state index contributed by atoms with van der Waals surface area (Å²) in [7, 11) is 0. The molecule has 3 amide bonds. The molecular formula is C18H21N3O5. The smallest absolute Gasteiger partial charge is 0.346 e. The Morgan fingerprint density at radius 1 is 1.38 bits per heavy atom. The highest BCUT2D eigenvalue weighted by atomic mass is 16.5. The molecule has 2 aliphatic rings. The molecule has 1 aromatic rings. The van der Waals surface area contributed by atoms with Crippen LogP contribution in [0.1, 0.15) is 38.2 Å². The molecule has 1 saturated carbocycles. The fourth-order valence-electron chi connectivity index (χ4n) is 3.28. The molecule has 0 aromatic heterocycles. The largest absolute Gasteiger partial charge is 0.481 e. The van der Waals surface area contributed by atoms with Crippen molar-refractivity contribution in [2.45, 2.75) is 38.1 Å². The van der Waals surface area contributed by atoms with Crippen LogP contribution >= 0.6 is 0 Å². The van der Waals surface area contributed by atoms with Gasteiger partial charge in [-0.3, -0.25) is 4.79 Å². The number of nitrogens with one attached hydrogen (secondary N) is 1. The van der Waals surface area contributed by atoms with Gasteiger partial charge in [0, 0.05) is 5.56 Å². The summed E-state index contributed by atoms with van der Waals surface area (Å²) in [4.78, 5) is 35.6. The van der Waals surface area contributed by atoms with E-state index in [0.29, 0.717) is 30.1 Å². The highest BCUT2D eigenvalue weighted by Gasteiger charge is 2.52. The molecule has 2 N–H and O–H groups in total. The Hall–Kier alpha value is -2.90. The minimum absolute atomic E-state index is 0.312. The number of carboxylic acid groups (broad SMARTS) is 1. The van der Waals surface area contributed by atoms with Crippen LogP contribution in [0.25, 0.3) is 0 Å². The molecule has 0 unspecified atom stereocenters. The Bertz CT molecular complexity index is 753. The summed E-state index contributed by atoms with van der Waals surface area (Å²) < 4.78 is 5.19. The van der Waals surface area contributed by atoms with E-state index in [9.17, 15) is 14.4 Å². The lowest BCUT2D eigenvalue weighted by Gasteiger charge is -2.33. The Balaban J connectivity index is 1.76. The number of carboxylic acids is 1. The van der Waals surface area contributed by atoms with Crippen LogP contribution in [0.2, 0.25) is 0 Å². The maximum atomic E-state index is 12.7. The first kappa shape index (κ1) is 17.9. The summed E-state index contributed by atoms with van der Waals surface area (Å²) >= 11 is 0. The number of imide groups is 1. The van der Waals surface area contributed by atoms with Gasteiger partial charge in [-0.05, 0) is 43.7 Å². The van der Waals surface area contributed by atoms with Crippen molar-refractivity contribution >= 4 is 24.1 Å². The summed E-state index contributed by atoms with van der Waals surface area (Å²) in [6, 6.07) is 6.15. The number of hydrogen-bond acceptors (Lipinski definition) is 5. The van der Waals surface area contributed by atoms with E-state index in [2.05, 4.69) is 17.3 Å². The van der Waals surface area contributed by atoms with Gasteiger partial charge < -0.3 is 15.2 Å². The molecule has 1 heterocycles. The van der Waals surface area contributed by atoms with Gasteiger partial charge in [0.05, 0.1) is 6.21 Å². The number of carbonyl (C=O) groups is 3. The molecule has 26 heavy (non-hydrogen) atoms. The molecule has 0 atom stereocenters. The third-order valence-electron chi connectivity index (χ3n) is 4.85. The topological polar surface area (TPSA) is 108 Å². The Kier molecular flexibility index (Phi) is 4.92. The van der Waals surface area contributed by atoms with Crippen molar-refractivity contribution in [2.75, 3.05) is 6.61 Å². The van der Waals surface area contributed by atoms with Crippen LogP contribution < -0.4 is 10.1 Å². The van der Waals surface area contributed by atoms with Gasteiger partial charge in [-0.2, -0.15) is 5.10 Å². The van der Waals surface area contributed by atoms with Crippen LogP contribution in [0.4, 0.5) is 4.79 Å². The summed E-state index contributed by atoms with van der Waals surface area (Å²) in [6.07, 6.45) is 4.33. The van der Waals surface area contributed by atoms with E-state index in [1.807, 2.05) is 0 Å². The van der Waals surface area contributed by atoms with E-state index in [4.69, 9.17) is 9.84 Å². The number of aliphatic carboxylic acids is 1. The third kappa shape index (κ3) is 3.54. The first-order valence-electron chi connectivity index (χ1n) is 8.55. The molecule has 1 aromatic carbocycles. The number of nitrogens with zero attached hydrogens (tertiary/aromatic N) is 2. The number of benzene rings is 1. The summed E-state index contributed by atoms with van der Waals surface area (Å²) in [5, 5.41) is 16.4. The predicted octanol–water partition coefficient (Wildman–Crippen LogP) is 1.98. The van der Waals surface area contributed by atoms with E-state index in [0.717, 1.165) is 17.9 Å². The van der Waals surface area contributed by atoms with E-state index >= 15 is 0 Å². The quantitative estimate of drug-likeness (QED) is 0.617. The van der Waals surface area contributed by atoms with Crippen molar-refractivity contribution in [1.82, 2.24) is 10.3 Å². The predicted molar refractivity (Wildman–Crippen MR) is 92.9 cm³/mol. The normalized spacial score (nSPS) is 25.7. The molecular weight excluding hydrogens is 338 g/mol. The third-order valence-corrected chi connectivity index (χ3v) is 4.85. The van der Waals surface area contributed by atoms with Gasteiger partial charge in [0.2, 0.25) is 0 Å². The first-order valence-corrected chi connectivity index (χ1v) is 8.55. The van der Waals surface area contributed by atoms with Crippen LogP contribution in [-0.4, -0.2) is 46.4 Å². The Morgan fingerprint density at radius 3 is 2.77 bits per heavy atom. The van der Waals surface area contributed by atoms with Gasteiger partial charge in [0.1, 0.15) is 11.3 Å². The second-order valence-corrected chi connectivity index (χ2v) is 6.78. The summed E-state index contributed by atoms with van der Waals surface area (Å²) in [5.74, 6) is -0.582. The molecule has 3 rings (SSSR count).